The Morgan fingerprint density at radius 3 is 2.35 bits per heavy atom. The maximum absolute atomic E-state index is 13.9. The predicted octanol–water partition coefficient (Wildman–Crippen LogP) is 4.46. The average molecular weight is 292 g/mol. The van der Waals surface area contributed by atoms with Gasteiger partial charge >= 0.3 is 0 Å². The molecule has 3 heteroatoms. The summed E-state index contributed by atoms with van der Waals surface area (Å²) in [5, 5.41) is 0.423. The number of aryl methyl sites for hydroxylation is 1. The summed E-state index contributed by atoms with van der Waals surface area (Å²) in [6.45, 7) is 4.01. The summed E-state index contributed by atoms with van der Waals surface area (Å²) in [6.07, 6.45) is 1.35. The molecule has 0 spiro atoms. The number of halogens is 2. The van der Waals surface area contributed by atoms with E-state index in [2.05, 4.69) is 19.1 Å². The van der Waals surface area contributed by atoms with Gasteiger partial charge in [0.05, 0.1) is 0 Å². The Hall–Kier alpha value is -1.38. The molecule has 0 aliphatic rings. The first-order valence-electron chi connectivity index (χ1n) is 6.75. The zero-order chi connectivity index (χ0) is 14.8. The van der Waals surface area contributed by atoms with Crippen LogP contribution in [0, 0.1) is 5.82 Å². The molecule has 0 heterocycles. The van der Waals surface area contributed by atoms with Crippen molar-refractivity contribution in [2.75, 3.05) is 0 Å². The second kappa shape index (κ2) is 5.94. The third-order valence-corrected chi connectivity index (χ3v) is 3.98. The van der Waals surface area contributed by atoms with Crippen LogP contribution in [-0.4, -0.2) is 0 Å². The average Bonchev–Trinajstić information content (AvgIpc) is 2.43. The fourth-order valence-corrected chi connectivity index (χ4v) is 2.52. The lowest BCUT2D eigenvalue weighted by molar-refractivity contribution is 0.475. The molecule has 0 saturated heterocycles. The molecule has 1 nitrogen and oxygen atoms in total. The van der Waals surface area contributed by atoms with Gasteiger partial charge in [-0.25, -0.2) is 4.39 Å². The van der Waals surface area contributed by atoms with E-state index in [0.29, 0.717) is 17.0 Å². The molecule has 1 unspecified atom stereocenters. The molecule has 0 saturated carbocycles. The van der Waals surface area contributed by atoms with Crippen LogP contribution in [0.1, 0.15) is 30.5 Å². The minimum absolute atomic E-state index is 0.306. The Morgan fingerprint density at radius 1 is 1.15 bits per heavy atom. The third-order valence-electron chi connectivity index (χ3n) is 3.63. The van der Waals surface area contributed by atoms with Gasteiger partial charge in [0.1, 0.15) is 5.82 Å². The Morgan fingerprint density at radius 2 is 1.80 bits per heavy atom. The summed E-state index contributed by atoms with van der Waals surface area (Å²) in [5.41, 5.74) is 8.43. The summed E-state index contributed by atoms with van der Waals surface area (Å²) < 4.78 is 13.9. The molecule has 106 valence electrons. The van der Waals surface area contributed by atoms with Crippen molar-refractivity contribution >= 4 is 11.6 Å². The number of hydrogen-bond acceptors (Lipinski definition) is 1. The van der Waals surface area contributed by atoms with Gasteiger partial charge in [-0.15, -0.1) is 0 Å². The molecule has 20 heavy (non-hydrogen) atoms. The van der Waals surface area contributed by atoms with Crippen LogP contribution < -0.4 is 5.73 Å². The highest BCUT2D eigenvalue weighted by atomic mass is 35.5. The van der Waals surface area contributed by atoms with Crippen molar-refractivity contribution in [2.24, 2.45) is 5.73 Å². The predicted molar refractivity (Wildman–Crippen MR) is 82.5 cm³/mol. The molecule has 2 rings (SSSR count). The quantitative estimate of drug-likeness (QED) is 0.884. The van der Waals surface area contributed by atoms with Crippen LogP contribution in [0.5, 0.6) is 0 Å². The van der Waals surface area contributed by atoms with Gasteiger partial charge in [0, 0.05) is 16.1 Å². The van der Waals surface area contributed by atoms with Crippen LogP contribution in [0.25, 0.3) is 0 Å². The van der Waals surface area contributed by atoms with E-state index in [9.17, 15) is 4.39 Å². The zero-order valence-electron chi connectivity index (χ0n) is 11.8. The minimum Gasteiger partial charge on any atom is -0.321 e. The highest BCUT2D eigenvalue weighted by Crippen LogP contribution is 2.28. The number of nitrogens with two attached hydrogens (primary N) is 1. The van der Waals surface area contributed by atoms with Crippen molar-refractivity contribution in [1.82, 2.24) is 0 Å². The van der Waals surface area contributed by atoms with Crippen molar-refractivity contribution in [3.8, 4) is 0 Å². The summed E-state index contributed by atoms with van der Waals surface area (Å²) in [6, 6.07) is 12.8. The van der Waals surface area contributed by atoms with Crippen molar-refractivity contribution < 1.29 is 4.39 Å². The zero-order valence-corrected chi connectivity index (χ0v) is 12.5. The number of benzene rings is 2. The van der Waals surface area contributed by atoms with Crippen molar-refractivity contribution in [1.29, 1.82) is 0 Å². The molecule has 2 aromatic rings. The maximum Gasteiger partial charge on any atom is 0.127 e. The van der Waals surface area contributed by atoms with Gasteiger partial charge in [0.2, 0.25) is 0 Å². The standard InChI is InChI=1S/C17H19ClFN/c1-3-12-7-9-13(10-8-12)17(2,20)11-14-15(18)5-4-6-16(14)19/h4-10H,3,11,20H2,1-2H3. The molecule has 1 atom stereocenters. The molecule has 0 aromatic heterocycles. The van der Waals surface area contributed by atoms with Gasteiger partial charge in [0.25, 0.3) is 0 Å². The molecule has 0 amide bonds. The summed E-state index contributed by atoms with van der Waals surface area (Å²) in [5.74, 6) is -0.306. The molecular weight excluding hydrogens is 273 g/mol. The van der Waals surface area contributed by atoms with E-state index in [1.54, 1.807) is 12.1 Å². The summed E-state index contributed by atoms with van der Waals surface area (Å²) >= 11 is 6.08. The van der Waals surface area contributed by atoms with Crippen LogP contribution in [0.3, 0.4) is 0 Å². The lowest BCUT2D eigenvalue weighted by atomic mass is 9.86. The highest BCUT2D eigenvalue weighted by molar-refractivity contribution is 6.31. The summed E-state index contributed by atoms with van der Waals surface area (Å²) in [7, 11) is 0. The Balaban J connectivity index is 2.30. The van der Waals surface area contributed by atoms with E-state index in [1.807, 2.05) is 19.1 Å². The fraction of sp³-hybridized carbons (Fsp3) is 0.294. The van der Waals surface area contributed by atoms with E-state index in [1.165, 1.54) is 11.6 Å². The first-order valence-corrected chi connectivity index (χ1v) is 7.13. The molecule has 0 aliphatic carbocycles. The SMILES string of the molecule is CCc1ccc(C(C)(N)Cc2c(F)cccc2Cl)cc1. The van der Waals surface area contributed by atoms with Gasteiger partial charge in [0.15, 0.2) is 0 Å². The monoisotopic (exact) mass is 291 g/mol. The summed E-state index contributed by atoms with van der Waals surface area (Å²) in [4.78, 5) is 0. The highest BCUT2D eigenvalue weighted by Gasteiger charge is 2.24. The molecule has 2 N–H and O–H groups in total. The fourth-order valence-electron chi connectivity index (χ4n) is 2.29. The molecular formula is C17H19ClFN. The Kier molecular flexibility index (Phi) is 4.46. The number of rotatable bonds is 4. The van der Waals surface area contributed by atoms with E-state index in [0.717, 1.165) is 12.0 Å². The van der Waals surface area contributed by atoms with Crippen LogP contribution in [0.4, 0.5) is 4.39 Å². The Labute approximate surface area is 124 Å². The third kappa shape index (κ3) is 3.20. The molecule has 0 bridgehead atoms. The lowest BCUT2D eigenvalue weighted by Gasteiger charge is -2.26. The topological polar surface area (TPSA) is 26.0 Å². The maximum atomic E-state index is 13.9. The lowest BCUT2D eigenvalue weighted by Crippen LogP contribution is -2.35. The second-order valence-corrected chi connectivity index (χ2v) is 5.75. The smallest absolute Gasteiger partial charge is 0.127 e. The van der Waals surface area contributed by atoms with Crippen molar-refractivity contribution in [3.63, 3.8) is 0 Å². The van der Waals surface area contributed by atoms with Crippen LogP contribution >= 0.6 is 11.6 Å². The largest absolute Gasteiger partial charge is 0.321 e. The van der Waals surface area contributed by atoms with Gasteiger partial charge in [-0.05, 0) is 43.0 Å². The van der Waals surface area contributed by atoms with Gasteiger partial charge in [-0.1, -0.05) is 48.9 Å². The first kappa shape index (κ1) is 15.0. The van der Waals surface area contributed by atoms with Gasteiger partial charge in [-0.3, -0.25) is 0 Å². The van der Waals surface area contributed by atoms with Crippen molar-refractivity contribution in [2.45, 2.75) is 32.2 Å². The molecule has 2 aromatic carbocycles. The van der Waals surface area contributed by atoms with E-state index in [4.69, 9.17) is 17.3 Å². The molecule has 0 fully saturated rings. The first-order chi connectivity index (χ1) is 9.44. The van der Waals surface area contributed by atoms with E-state index >= 15 is 0 Å². The van der Waals surface area contributed by atoms with Crippen LogP contribution in [-0.2, 0) is 18.4 Å². The van der Waals surface area contributed by atoms with E-state index < -0.39 is 5.54 Å². The van der Waals surface area contributed by atoms with Gasteiger partial charge in [-0.2, -0.15) is 0 Å². The minimum atomic E-state index is -0.655. The molecule has 0 radical (unpaired) electrons. The van der Waals surface area contributed by atoms with E-state index in [-0.39, 0.29) is 5.82 Å². The van der Waals surface area contributed by atoms with Crippen LogP contribution in [0.2, 0.25) is 5.02 Å². The van der Waals surface area contributed by atoms with Crippen molar-refractivity contribution in [3.05, 3.63) is 70.0 Å². The number of hydrogen-bond donors (Lipinski definition) is 1. The second-order valence-electron chi connectivity index (χ2n) is 5.34. The van der Waals surface area contributed by atoms with Gasteiger partial charge < -0.3 is 5.73 Å². The molecule has 0 aliphatic heterocycles. The van der Waals surface area contributed by atoms with Crippen LogP contribution in [0.15, 0.2) is 42.5 Å². The Bertz CT molecular complexity index is 570. The normalized spacial score (nSPS) is 14.1.